The van der Waals surface area contributed by atoms with Gasteiger partial charge in [-0.2, -0.15) is 0 Å². The molecule has 0 unspecified atom stereocenters. The molecule has 0 amide bonds. The van der Waals surface area contributed by atoms with Crippen molar-refractivity contribution in [1.29, 1.82) is 0 Å². The maximum Gasteiger partial charge on any atom is 0.554 e. The Kier molecular flexibility index (Phi) is 18.0. The van der Waals surface area contributed by atoms with Crippen molar-refractivity contribution in [3.63, 3.8) is 0 Å². The molecule has 152 valence electrons. The summed E-state index contributed by atoms with van der Waals surface area (Å²) in [5.74, 6) is 0. The molecule has 0 atom stereocenters. The SMILES string of the molecule is COB(NCCCN(CCNB(OC)OC)CCNB(OC)OC)OC. The monoisotopic (exact) mass is 376 g/mol. The minimum absolute atomic E-state index is 0.375. The van der Waals surface area contributed by atoms with Crippen LogP contribution in [0.2, 0.25) is 0 Å². The van der Waals surface area contributed by atoms with Crippen LogP contribution in [0.1, 0.15) is 6.42 Å². The fourth-order valence-corrected chi connectivity index (χ4v) is 2.33. The van der Waals surface area contributed by atoms with Crippen molar-refractivity contribution in [2.45, 2.75) is 6.42 Å². The summed E-state index contributed by atoms with van der Waals surface area (Å²) < 4.78 is 30.8. The minimum atomic E-state index is -0.396. The van der Waals surface area contributed by atoms with Crippen LogP contribution in [0.3, 0.4) is 0 Å². The van der Waals surface area contributed by atoms with E-state index in [-0.39, 0.29) is 7.25 Å². The number of nitrogens with one attached hydrogen (secondary N) is 3. The van der Waals surface area contributed by atoms with E-state index in [0.717, 1.165) is 45.7 Å². The normalized spacial score (nSPS) is 11.2. The Balaban J connectivity index is 4.21. The standard InChI is InChI=1S/C13H35B3N4O6/c1-21-14(22-2)17-8-7-11-20(12-9-18-15(23-3)24-4)13-10-19-16(25-5)26-6/h17-19H,7-13H2,1-6H3. The molecule has 0 aliphatic carbocycles. The van der Waals surface area contributed by atoms with E-state index in [1.54, 1.807) is 42.7 Å². The van der Waals surface area contributed by atoms with Crippen LogP contribution >= 0.6 is 0 Å². The van der Waals surface area contributed by atoms with Crippen LogP contribution in [0.4, 0.5) is 0 Å². The van der Waals surface area contributed by atoms with Crippen LogP contribution in [-0.4, -0.2) is 109 Å². The summed E-state index contributed by atoms with van der Waals surface area (Å²) in [7, 11) is 8.46. The Morgan fingerprint density at radius 3 is 1.23 bits per heavy atom. The van der Waals surface area contributed by atoms with Gasteiger partial charge in [0, 0.05) is 68.8 Å². The van der Waals surface area contributed by atoms with E-state index >= 15 is 0 Å². The molecule has 0 fully saturated rings. The molecule has 0 heterocycles. The maximum atomic E-state index is 5.14. The zero-order valence-electron chi connectivity index (χ0n) is 17.1. The Morgan fingerprint density at radius 1 is 0.538 bits per heavy atom. The lowest BCUT2D eigenvalue weighted by Gasteiger charge is -2.24. The van der Waals surface area contributed by atoms with Crippen molar-refractivity contribution in [1.82, 2.24) is 20.6 Å². The number of nitrogens with zero attached hydrogens (tertiary/aromatic N) is 1. The zero-order valence-corrected chi connectivity index (χ0v) is 17.1. The first-order chi connectivity index (χ1) is 12.6. The van der Waals surface area contributed by atoms with Crippen molar-refractivity contribution in [2.75, 3.05) is 81.9 Å². The summed E-state index contributed by atoms with van der Waals surface area (Å²) in [5, 5.41) is 9.55. The molecule has 0 spiro atoms. The molecule has 0 radical (unpaired) electrons. The molecule has 0 aromatic heterocycles. The van der Waals surface area contributed by atoms with Crippen LogP contribution in [0.15, 0.2) is 0 Å². The first kappa shape index (κ1) is 25.8. The van der Waals surface area contributed by atoms with E-state index in [0.29, 0.717) is 0 Å². The van der Waals surface area contributed by atoms with E-state index in [1.165, 1.54) is 0 Å². The van der Waals surface area contributed by atoms with Gasteiger partial charge in [0.15, 0.2) is 0 Å². The molecule has 26 heavy (non-hydrogen) atoms. The first-order valence-corrected chi connectivity index (χ1v) is 8.74. The van der Waals surface area contributed by atoms with Gasteiger partial charge in [-0.3, -0.25) is 0 Å². The molecular formula is C13H35B3N4O6. The Bertz CT molecular complexity index is 285. The van der Waals surface area contributed by atoms with Crippen LogP contribution in [0, 0.1) is 0 Å². The van der Waals surface area contributed by atoms with Gasteiger partial charge < -0.3 is 48.5 Å². The summed E-state index contributed by atoms with van der Waals surface area (Å²) in [4.78, 5) is 2.33. The molecule has 0 saturated heterocycles. The third-order valence-corrected chi connectivity index (χ3v) is 3.72. The molecule has 0 rings (SSSR count). The largest absolute Gasteiger partial charge is 0.554 e. The average Bonchev–Trinajstić information content (AvgIpc) is 2.68. The number of hydrogen-bond acceptors (Lipinski definition) is 10. The lowest BCUT2D eigenvalue weighted by molar-refractivity contribution is 0.238. The lowest BCUT2D eigenvalue weighted by atomic mass is 10.1. The number of rotatable bonds is 19. The molecule has 0 aliphatic rings. The second-order valence-corrected chi connectivity index (χ2v) is 5.47. The van der Waals surface area contributed by atoms with Gasteiger partial charge in [0.25, 0.3) is 0 Å². The van der Waals surface area contributed by atoms with E-state index in [4.69, 9.17) is 27.9 Å². The van der Waals surface area contributed by atoms with Gasteiger partial charge in [-0.1, -0.05) is 0 Å². The third kappa shape index (κ3) is 13.0. The third-order valence-electron chi connectivity index (χ3n) is 3.72. The van der Waals surface area contributed by atoms with Crippen molar-refractivity contribution >= 4 is 21.8 Å². The summed E-state index contributed by atoms with van der Waals surface area (Å²) in [5.41, 5.74) is 0. The summed E-state index contributed by atoms with van der Waals surface area (Å²) in [6.07, 6.45) is 0.958. The predicted molar refractivity (Wildman–Crippen MR) is 104 cm³/mol. The average molecular weight is 376 g/mol. The Morgan fingerprint density at radius 2 is 0.885 bits per heavy atom. The van der Waals surface area contributed by atoms with E-state index < -0.39 is 14.5 Å². The molecule has 0 bridgehead atoms. The van der Waals surface area contributed by atoms with Crippen LogP contribution in [0.25, 0.3) is 0 Å². The summed E-state index contributed by atoms with van der Waals surface area (Å²) >= 11 is 0. The highest BCUT2D eigenvalue weighted by Crippen LogP contribution is 1.92. The molecule has 13 heteroatoms. The highest BCUT2D eigenvalue weighted by Gasteiger charge is 2.17. The van der Waals surface area contributed by atoms with Gasteiger partial charge in [0.1, 0.15) is 0 Å². The van der Waals surface area contributed by atoms with Gasteiger partial charge in [0.05, 0.1) is 0 Å². The van der Waals surface area contributed by atoms with Gasteiger partial charge in [-0.15, -0.1) is 0 Å². The second kappa shape index (κ2) is 18.2. The van der Waals surface area contributed by atoms with Crippen LogP contribution < -0.4 is 15.7 Å². The molecule has 0 aromatic rings. The number of hydrogen-bond donors (Lipinski definition) is 3. The van der Waals surface area contributed by atoms with Crippen molar-refractivity contribution in [3.05, 3.63) is 0 Å². The minimum Gasteiger partial charge on any atom is -0.400 e. The van der Waals surface area contributed by atoms with E-state index in [2.05, 4.69) is 20.6 Å². The van der Waals surface area contributed by atoms with Gasteiger partial charge in [-0.05, 0) is 19.5 Å². The van der Waals surface area contributed by atoms with Gasteiger partial charge in [-0.25, -0.2) is 0 Å². The zero-order chi connectivity index (χ0) is 19.6. The summed E-state index contributed by atoms with van der Waals surface area (Å²) in [6.45, 7) is 4.92. The fraction of sp³-hybridized carbons (Fsp3) is 1.00. The second-order valence-electron chi connectivity index (χ2n) is 5.47. The molecule has 0 aromatic carbocycles. The van der Waals surface area contributed by atoms with Crippen molar-refractivity contribution in [3.8, 4) is 0 Å². The van der Waals surface area contributed by atoms with Gasteiger partial charge >= 0.3 is 21.8 Å². The molecule has 0 saturated carbocycles. The fourth-order valence-electron chi connectivity index (χ4n) is 2.33. The van der Waals surface area contributed by atoms with Crippen LogP contribution in [-0.2, 0) is 27.9 Å². The van der Waals surface area contributed by atoms with Gasteiger partial charge in [0.2, 0.25) is 0 Å². The molecule has 10 nitrogen and oxygen atoms in total. The van der Waals surface area contributed by atoms with Crippen molar-refractivity contribution < 1.29 is 27.9 Å². The molecule has 3 N–H and O–H groups in total. The Labute approximate surface area is 159 Å². The molecular weight excluding hydrogens is 341 g/mol. The smallest absolute Gasteiger partial charge is 0.400 e. The quantitative estimate of drug-likeness (QED) is 0.179. The Hall–Kier alpha value is -0.205. The first-order valence-electron chi connectivity index (χ1n) is 8.74. The summed E-state index contributed by atoms with van der Waals surface area (Å²) in [6, 6.07) is 0. The maximum absolute atomic E-state index is 5.14. The predicted octanol–water partition coefficient (Wildman–Crippen LogP) is -1.72. The lowest BCUT2D eigenvalue weighted by Crippen LogP contribution is -2.46. The molecule has 0 aliphatic heterocycles. The van der Waals surface area contributed by atoms with Crippen molar-refractivity contribution in [2.24, 2.45) is 0 Å². The van der Waals surface area contributed by atoms with E-state index in [9.17, 15) is 0 Å². The highest BCUT2D eigenvalue weighted by molar-refractivity contribution is 6.41. The highest BCUT2D eigenvalue weighted by atomic mass is 16.6. The van der Waals surface area contributed by atoms with E-state index in [1.807, 2.05) is 0 Å². The topological polar surface area (TPSA) is 94.7 Å². The van der Waals surface area contributed by atoms with Crippen LogP contribution in [0.5, 0.6) is 0 Å².